The minimum Gasteiger partial charge on any atom is -0.392 e. The van der Waals surface area contributed by atoms with Gasteiger partial charge in [-0.1, -0.05) is 6.07 Å². The lowest BCUT2D eigenvalue weighted by Crippen LogP contribution is -2.29. The summed E-state index contributed by atoms with van der Waals surface area (Å²) in [6, 6.07) is 6.82. The molecule has 4 rings (SSSR count). The van der Waals surface area contributed by atoms with Gasteiger partial charge in [0.25, 0.3) is 0 Å². The van der Waals surface area contributed by atoms with Crippen LogP contribution < -0.4 is 10.6 Å². The Kier molecular flexibility index (Phi) is 4.74. The highest BCUT2D eigenvalue weighted by atomic mass is 19.1. The fourth-order valence-corrected chi connectivity index (χ4v) is 3.40. The number of hydrogen-bond acceptors (Lipinski definition) is 7. The molecule has 4 heterocycles. The summed E-state index contributed by atoms with van der Waals surface area (Å²) in [6.07, 6.45) is 0.674. The molecular formula is C19H23FN6O2. The first kappa shape index (κ1) is 18.7. The Morgan fingerprint density at radius 3 is 2.86 bits per heavy atom. The number of alkyl halides is 1. The summed E-state index contributed by atoms with van der Waals surface area (Å²) in [6.45, 7) is 3.86. The van der Waals surface area contributed by atoms with Gasteiger partial charge in [0.2, 0.25) is 0 Å². The molecule has 0 saturated carbocycles. The van der Waals surface area contributed by atoms with E-state index in [1.54, 1.807) is 36.7 Å². The highest BCUT2D eigenvalue weighted by molar-refractivity contribution is 5.62. The minimum atomic E-state index is -1.23. The zero-order valence-corrected chi connectivity index (χ0v) is 15.7. The zero-order chi connectivity index (χ0) is 19.9. The van der Waals surface area contributed by atoms with Gasteiger partial charge >= 0.3 is 0 Å². The first-order valence-corrected chi connectivity index (χ1v) is 9.17. The van der Waals surface area contributed by atoms with E-state index in [-0.39, 0.29) is 12.6 Å². The number of pyridine rings is 1. The van der Waals surface area contributed by atoms with E-state index in [0.717, 1.165) is 0 Å². The Labute approximate surface area is 161 Å². The van der Waals surface area contributed by atoms with Gasteiger partial charge in [0.1, 0.15) is 23.3 Å². The maximum atomic E-state index is 13.9. The van der Waals surface area contributed by atoms with Crippen LogP contribution in [0.4, 0.5) is 10.2 Å². The predicted molar refractivity (Wildman–Crippen MR) is 103 cm³/mol. The Bertz CT molecular complexity index is 1000. The standard InChI is InChI=1S/C19H23FN6O2/c1-19(2,28)18-11(10-27)6-17-22-9-15(26(17)25-18)13-4-3-5-16(23-13)24-14-8-21-7-12(14)20/h3-6,9,12,14,21,27-28H,7-8,10H2,1-2H3,(H,23,24)/t12-,14-/m0/s1. The molecule has 0 bridgehead atoms. The highest BCUT2D eigenvalue weighted by Crippen LogP contribution is 2.26. The van der Waals surface area contributed by atoms with E-state index < -0.39 is 11.8 Å². The number of halogens is 1. The van der Waals surface area contributed by atoms with Gasteiger partial charge in [0.15, 0.2) is 5.65 Å². The van der Waals surface area contributed by atoms with Crippen LogP contribution in [-0.2, 0) is 12.2 Å². The normalized spacial score (nSPS) is 20.0. The maximum Gasteiger partial charge on any atom is 0.154 e. The van der Waals surface area contributed by atoms with Gasteiger partial charge in [-0.2, -0.15) is 5.10 Å². The molecule has 0 aromatic carbocycles. The molecule has 3 aromatic rings. The molecule has 0 aliphatic carbocycles. The van der Waals surface area contributed by atoms with Gasteiger partial charge in [-0.3, -0.25) is 0 Å². The van der Waals surface area contributed by atoms with Crippen molar-refractivity contribution in [1.29, 1.82) is 0 Å². The van der Waals surface area contributed by atoms with Crippen LogP contribution in [0, 0.1) is 0 Å². The van der Waals surface area contributed by atoms with Crippen molar-refractivity contribution in [1.82, 2.24) is 24.9 Å². The summed E-state index contributed by atoms with van der Waals surface area (Å²) >= 11 is 0. The third-order valence-electron chi connectivity index (χ3n) is 4.81. The maximum absolute atomic E-state index is 13.9. The van der Waals surface area contributed by atoms with Crippen molar-refractivity contribution in [3.63, 3.8) is 0 Å². The number of imidazole rings is 1. The summed E-state index contributed by atoms with van der Waals surface area (Å²) in [7, 11) is 0. The second-order valence-electron chi connectivity index (χ2n) is 7.48. The number of fused-ring (bicyclic) bond motifs is 1. The summed E-state index contributed by atoms with van der Waals surface area (Å²) < 4.78 is 15.5. The number of rotatable bonds is 5. The zero-order valence-electron chi connectivity index (χ0n) is 15.7. The molecule has 2 atom stereocenters. The Morgan fingerprint density at radius 1 is 1.36 bits per heavy atom. The second-order valence-corrected chi connectivity index (χ2v) is 7.48. The van der Waals surface area contributed by atoms with E-state index in [0.29, 0.717) is 47.2 Å². The van der Waals surface area contributed by atoms with Crippen LogP contribution in [-0.4, -0.2) is 55.1 Å². The average Bonchev–Trinajstić information content (AvgIpc) is 3.26. The van der Waals surface area contributed by atoms with Crippen molar-refractivity contribution in [3.8, 4) is 11.4 Å². The highest BCUT2D eigenvalue weighted by Gasteiger charge is 2.27. The van der Waals surface area contributed by atoms with E-state index >= 15 is 0 Å². The van der Waals surface area contributed by atoms with E-state index in [4.69, 9.17) is 0 Å². The molecule has 9 heteroatoms. The monoisotopic (exact) mass is 386 g/mol. The smallest absolute Gasteiger partial charge is 0.154 e. The third kappa shape index (κ3) is 3.44. The summed E-state index contributed by atoms with van der Waals surface area (Å²) in [5.41, 5.74) is 1.45. The molecule has 4 N–H and O–H groups in total. The Morgan fingerprint density at radius 2 is 2.18 bits per heavy atom. The summed E-state index contributed by atoms with van der Waals surface area (Å²) in [5, 5.41) is 30.7. The van der Waals surface area contributed by atoms with E-state index in [1.165, 1.54) is 0 Å². The lowest BCUT2D eigenvalue weighted by atomic mass is 10.0. The van der Waals surface area contributed by atoms with Crippen LogP contribution in [0.1, 0.15) is 25.1 Å². The van der Waals surface area contributed by atoms with Gasteiger partial charge in [0, 0.05) is 18.7 Å². The van der Waals surface area contributed by atoms with Crippen LogP contribution in [0.25, 0.3) is 17.0 Å². The molecule has 0 spiro atoms. The largest absolute Gasteiger partial charge is 0.392 e. The molecule has 148 valence electrons. The first-order valence-electron chi connectivity index (χ1n) is 9.17. The molecule has 1 aliphatic heterocycles. The van der Waals surface area contributed by atoms with Gasteiger partial charge < -0.3 is 20.8 Å². The quantitative estimate of drug-likeness (QED) is 0.522. The van der Waals surface area contributed by atoms with Gasteiger partial charge in [-0.05, 0) is 32.0 Å². The number of nitrogens with one attached hydrogen (secondary N) is 2. The third-order valence-corrected chi connectivity index (χ3v) is 4.81. The number of aromatic nitrogens is 4. The molecule has 28 heavy (non-hydrogen) atoms. The number of hydrogen-bond donors (Lipinski definition) is 4. The van der Waals surface area contributed by atoms with Crippen molar-refractivity contribution >= 4 is 11.5 Å². The SMILES string of the molecule is CC(C)(O)c1nn2c(-c3cccc(N[C@H]4CNC[C@@H]4F)n3)cnc2cc1CO. The number of anilines is 1. The fourth-order valence-electron chi connectivity index (χ4n) is 3.40. The molecule has 3 aromatic heterocycles. The number of aliphatic hydroxyl groups excluding tert-OH is 1. The van der Waals surface area contributed by atoms with Crippen LogP contribution in [0.5, 0.6) is 0 Å². The van der Waals surface area contributed by atoms with Crippen LogP contribution in [0.15, 0.2) is 30.5 Å². The van der Waals surface area contributed by atoms with Gasteiger partial charge in [0.05, 0.1) is 30.2 Å². The molecule has 0 radical (unpaired) electrons. The topological polar surface area (TPSA) is 108 Å². The average molecular weight is 386 g/mol. The van der Waals surface area contributed by atoms with Crippen molar-refractivity contribution < 1.29 is 14.6 Å². The molecule has 1 fully saturated rings. The van der Waals surface area contributed by atoms with Crippen LogP contribution in [0.2, 0.25) is 0 Å². The van der Waals surface area contributed by atoms with Gasteiger partial charge in [-0.25, -0.2) is 18.9 Å². The van der Waals surface area contributed by atoms with Gasteiger partial charge in [-0.15, -0.1) is 0 Å². The molecule has 1 aliphatic rings. The first-order chi connectivity index (χ1) is 13.4. The number of aliphatic hydroxyl groups is 2. The summed E-state index contributed by atoms with van der Waals surface area (Å²) in [5.74, 6) is 0.568. The lowest BCUT2D eigenvalue weighted by molar-refractivity contribution is 0.0697. The predicted octanol–water partition coefficient (Wildman–Crippen LogP) is 1.23. The summed E-state index contributed by atoms with van der Waals surface area (Å²) in [4.78, 5) is 8.93. The van der Waals surface area contributed by atoms with Crippen molar-refractivity contribution in [3.05, 3.63) is 41.7 Å². The van der Waals surface area contributed by atoms with Crippen molar-refractivity contribution in [2.75, 3.05) is 18.4 Å². The van der Waals surface area contributed by atoms with E-state index in [2.05, 4.69) is 25.7 Å². The Balaban J connectivity index is 1.74. The molecule has 1 saturated heterocycles. The van der Waals surface area contributed by atoms with Crippen LogP contribution >= 0.6 is 0 Å². The molecule has 8 nitrogen and oxygen atoms in total. The second kappa shape index (κ2) is 7.08. The molecule has 0 unspecified atom stereocenters. The lowest BCUT2D eigenvalue weighted by Gasteiger charge is -2.20. The molecular weight excluding hydrogens is 363 g/mol. The fraction of sp³-hybridized carbons (Fsp3) is 0.421. The van der Waals surface area contributed by atoms with Crippen molar-refractivity contribution in [2.24, 2.45) is 0 Å². The molecule has 0 amide bonds. The minimum absolute atomic E-state index is 0.248. The number of nitrogens with zero attached hydrogens (tertiary/aromatic N) is 4. The Hall–Kier alpha value is -2.62. The van der Waals surface area contributed by atoms with E-state index in [9.17, 15) is 14.6 Å². The van der Waals surface area contributed by atoms with E-state index in [1.807, 2.05) is 12.1 Å². The van der Waals surface area contributed by atoms with Crippen molar-refractivity contribution in [2.45, 2.75) is 38.3 Å². The van der Waals surface area contributed by atoms with Crippen LogP contribution in [0.3, 0.4) is 0 Å².